The van der Waals surface area contributed by atoms with E-state index in [0.29, 0.717) is 6.54 Å². The fraction of sp³-hybridized carbons (Fsp3) is 0.467. The van der Waals surface area contributed by atoms with Crippen LogP contribution in [0.4, 0.5) is 5.69 Å². The van der Waals surface area contributed by atoms with E-state index in [1.54, 1.807) is 11.8 Å². The molecule has 1 saturated heterocycles. The van der Waals surface area contributed by atoms with E-state index in [2.05, 4.69) is 16.0 Å². The lowest BCUT2D eigenvalue weighted by atomic mass is 10.1. The van der Waals surface area contributed by atoms with Crippen LogP contribution in [0.1, 0.15) is 19.4 Å². The molecule has 0 aliphatic carbocycles. The van der Waals surface area contributed by atoms with Crippen molar-refractivity contribution in [1.29, 1.82) is 0 Å². The third kappa shape index (κ3) is 5.51. The molecule has 0 aromatic heterocycles. The first-order valence-electron chi connectivity index (χ1n) is 7.05. The number of amides is 2. The van der Waals surface area contributed by atoms with Gasteiger partial charge in [-0.3, -0.25) is 14.9 Å². The highest BCUT2D eigenvalue weighted by Gasteiger charge is 2.21. The first kappa shape index (κ1) is 18.8. The Kier molecular flexibility index (Phi) is 7.72. The molecule has 2 amide bonds. The van der Waals surface area contributed by atoms with Crippen molar-refractivity contribution in [3.63, 3.8) is 0 Å². The summed E-state index contributed by atoms with van der Waals surface area (Å²) in [6, 6.07) is 7.44. The molecule has 0 radical (unpaired) electrons. The predicted octanol–water partition coefficient (Wildman–Crippen LogP) is 1.98. The quantitative estimate of drug-likeness (QED) is 0.764. The average molecular weight is 344 g/mol. The van der Waals surface area contributed by atoms with Crippen molar-refractivity contribution in [1.82, 2.24) is 10.6 Å². The van der Waals surface area contributed by atoms with E-state index in [0.717, 1.165) is 22.9 Å². The number of nitrogens with one attached hydrogen (secondary N) is 3. The van der Waals surface area contributed by atoms with Gasteiger partial charge in [0.25, 0.3) is 0 Å². The number of thioether (sulfide) groups is 1. The standard InChI is InChI=1S/C15H21N3O2S.ClH/c1-10(2)14(19)18-12-5-3-11(4-6-12)7-16-15(20)13-8-21-9-17-13;/h3-6,10,13,17H,7-9H2,1-2H3,(H,16,20)(H,18,19);1H. The zero-order valence-corrected chi connectivity index (χ0v) is 14.4. The summed E-state index contributed by atoms with van der Waals surface area (Å²) < 4.78 is 0. The van der Waals surface area contributed by atoms with Crippen LogP contribution < -0.4 is 16.0 Å². The lowest BCUT2D eigenvalue weighted by Crippen LogP contribution is -2.41. The second kappa shape index (κ2) is 9.02. The molecule has 1 atom stereocenters. The molecule has 5 nitrogen and oxygen atoms in total. The van der Waals surface area contributed by atoms with Gasteiger partial charge in [-0.2, -0.15) is 0 Å². The Balaban J connectivity index is 0.00000242. The monoisotopic (exact) mass is 343 g/mol. The van der Waals surface area contributed by atoms with Crippen molar-refractivity contribution in [3.05, 3.63) is 29.8 Å². The van der Waals surface area contributed by atoms with Crippen LogP contribution in [0.5, 0.6) is 0 Å². The Morgan fingerprint density at radius 2 is 2.00 bits per heavy atom. The number of carbonyl (C=O) groups excluding carboxylic acids is 2. The molecular formula is C15H22ClN3O2S. The average Bonchev–Trinajstić information content (AvgIpc) is 3.00. The van der Waals surface area contributed by atoms with E-state index in [9.17, 15) is 9.59 Å². The van der Waals surface area contributed by atoms with Gasteiger partial charge in [-0.05, 0) is 17.7 Å². The van der Waals surface area contributed by atoms with Crippen LogP contribution in [0.15, 0.2) is 24.3 Å². The Hall–Kier alpha value is -1.24. The molecule has 1 heterocycles. The first-order chi connectivity index (χ1) is 10.1. The third-order valence-corrected chi connectivity index (χ3v) is 4.19. The number of halogens is 1. The van der Waals surface area contributed by atoms with E-state index < -0.39 is 0 Å². The van der Waals surface area contributed by atoms with Crippen LogP contribution in [0.2, 0.25) is 0 Å². The molecule has 2 rings (SSSR count). The van der Waals surface area contributed by atoms with Crippen LogP contribution in [0, 0.1) is 5.92 Å². The van der Waals surface area contributed by atoms with E-state index >= 15 is 0 Å². The van der Waals surface area contributed by atoms with Crippen LogP contribution in [0.3, 0.4) is 0 Å². The van der Waals surface area contributed by atoms with Crippen molar-refractivity contribution in [3.8, 4) is 0 Å². The molecule has 1 unspecified atom stereocenters. The van der Waals surface area contributed by atoms with Crippen LogP contribution in [-0.4, -0.2) is 29.5 Å². The Morgan fingerprint density at radius 1 is 1.32 bits per heavy atom. The number of rotatable bonds is 5. The molecule has 7 heteroatoms. The van der Waals surface area contributed by atoms with Gasteiger partial charge in [-0.15, -0.1) is 24.2 Å². The first-order valence-corrected chi connectivity index (χ1v) is 8.20. The molecule has 122 valence electrons. The van der Waals surface area contributed by atoms with Gasteiger partial charge in [0.1, 0.15) is 0 Å². The van der Waals surface area contributed by atoms with Gasteiger partial charge in [0.15, 0.2) is 0 Å². The Morgan fingerprint density at radius 3 is 2.55 bits per heavy atom. The normalized spacial score (nSPS) is 17.0. The molecule has 1 aliphatic heterocycles. The molecule has 0 spiro atoms. The molecule has 0 bridgehead atoms. The molecule has 0 saturated carbocycles. The summed E-state index contributed by atoms with van der Waals surface area (Å²) in [6.45, 7) is 4.21. The summed E-state index contributed by atoms with van der Waals surface area (Å²) in [6.07, 6.45) is 0. The number of carbonyl (C=O) groups is 2. The molecule has 1 fully saturated rings. The van der Waals surface area contributed by atoms with E-state index in [1.807, 2.05) is 38.1 Å². The SMILES string of the molecule is CC(C)C(=O)Nc1ccc(CNC(=O)C2CSCN2)cc1.Cl. The predicted molar refractivity (Wildman–Crippen MR) is 93.3 cm³/mol. The lowest BCUT2D eigenvalue weighted by Gasteiger charge is -2.11. The number of hydrogen-bond acceptors (Lipinski definition) is 4. The van der Waals surface area contributed by atoms with Crippen LogP contribution >= 0.6 is 24.2 Å². The maximum atomic E-state index is 11.9. The zero-order valence-electron chi connectivity index (χ0n) is 12.7. The third-order valence-electron chi connectivity index (χ3n) is 3.25. The maximum absolute atomic E-state index is 11.9. The smallest absolute Gasteiger partial charge is 0.238 e. The van der Waals surface area contributed by atoms with Gasteiger partial charge >= 0.3 is 0 Å². The van der Waals surface area contributed by atoms with Crippen molar-refractivity contribution in [2.75, 3.05) is 16.9 Å². The molecule has 1 aromatic carbocycles. The number of benzene rings is 1. The minimum absolute atomic E-state index is 0. The summed E-state index contributed by atoms with van der Waals surface area (Å²) >= 11 is 1.73. The maximum Gasteiger partial charge on any atom is 0.238 e. The van der Waals surface area contributed by atoms with Crippen LogP contribution in [0.25, 0.3) is 0 Å². The van der Waals surface area contributed by atoms with Gasteiger partial charge in [0, 0.05) is 29.8 Å². The lowest BCUT2D eigenvalue weighted by molar-refractivity contribution is -0.122. The van der Waals surface area contributed by atoms with Gasteiger partial charge in [-0.1, -0.05) is 26.0 Å². The molecule has 1 aromatic rings. The largest absolute Gasteiger partial charge is 0.351 e. The van der Waals surface area contributed by atoms with Crippen molar-refractivity contribution in [2.24, 2.45) is 5.92 Å². The van der Waals surface area contributed by atoms with Gasteiger partial charge in [-0.25, -0.2) is 0 Å². The number of anilines is 1. The van der Waals surface area contributed by atoms with Gasteiger partial charge in [0.05, 0.1) is 6.04 Å². The molecule has 3 N–H and O–H groups in total. The van der Waals surface area contributed by atoms with Crippen molar-refractivity contribution in [2.45, 2.75) is 26.4 Å². The molecule has 1 aliphatic rings. The van der Waals surface area contributed by atoms with E-state index in [1.165, 1.54) is 0 Å². The van der Waals surface area contributed by atoms with Crippen LogP contribution in [-0.2, 0) is 16.1 Å². The minimum atomic E-state index is -0.0837. The molecular weight excluding hydrogens is 322 g/mol. The molecule has 22 heavy (non-hydrogen) atoms. The Labute approximate surface area is 141 Å². The topological polar surface area (TPSA) is 70.2 Å². The fourth-order valence-corrected chi connectivity index (χ4v) is 2.81. The minimum Gasteiger partial charge on any atom is -0.351 e. The summed E-state index contributed by atoms with van der Waals surface area (Å²) in [5.74, 6) is 1.66. The summed E-state index contributed by atoms with van der Waals surface area (Å²) in [5, 5.41) is 8.89. The zero-order chi connectivity index (χ0) is 15.2. The van der Waals surface area contributed by atoms with Gasteiger partial charge < -0.3 is 10.6 Å². The van der Waals surface area contributed by atoms with Crippen molar-refractivity contribution >= 4 is 41.7 Å². The second-order valence-corrected chi connectivity index (χ2v) is 6.36. The second-order valence-electron chi connectivity index (χ2n) is 5.33. The highest BCUT2D eigenvalue weighted by molar-refractivity contribution is 7.99. The Bertz CT molecular complexity index is 502. The van der Waals surface area contributed by atoms with Gasteiger partial charge in [0.2, 0.25) is 11.8 Å². The summed E-state index contributed by atoms with van der Waals surface area (Å²) in [4.78, 5) is 23.4. The van der Waals surface area contributed by atoms with Crippen molar-refractivity contribution < 1.29 is 9.59 Å². The highest BCUT2D eigenvalue weighted by Crippen LogP contribution is 2.12. The van der Waals surface area contributed by atoms with E-state index in [4.69, 9.17) is 0 Å². The highest BCUT2D eigenvalue weighted by atomic mass is 35.5. The fourth-order valence-electron chi connectivity index (χ4n) is 1.87. The van der Waals surface area contributed by atoms with E-state index in [-0.39, 0.29) is 36.2 Å². The number of hydrogen-bond donors (Lipinski definition) is 3. The summed E-state index contributed by atoms with van der Waals surface area (Å²) in [7, 11) is 0. The summed E-state index contributed by atoms with van der Waals surface area (Å²) in [5.41, 5.74) is 1.79.